The van der Waals surface area contributed by atoms with Gasteiger partial charge in [-0.2, -0.15) is 0 Å². The first-order valence-electron chi connectivity index (χ1n) is 6.91. The number of carbonyl (C=O) groups excluding carboxylic acids is 1. The predicted molar refractivity (Wildman–Crippen MR) is 96.2 cm³/mol. The quantitative estimate of drug-likeness (QED) is 0.540. The van der Waals surface area contributed by atoms with E-state index >= 15 is 0 Å². The van der Waals surface area contributed by atoms with Crippen LogP contribution in [0.3, 0.4) is 0 Å². The molecule has 1 aliphatic heterocycles. The monoisotopic (exact) mass is 421 g/mol. The van der Waals surface area contributed by atoms with Crippen LogP contribution in [0.2, 0.25) is 20.1 Å². The van der Waals surface area contributed by atoms with Gasteiger partial charge in [-0.05, 0) is 24.3 Å². The summed E-state index contributed by atoms with van der Waals surface area (Å²) in [7, 11) is 2.71. The summed E-state index contributed by atoms with van der Waals surface area (Å²) in [5, 5.41) is 3.15. The first-order valence-corrected chi connectivity index (χ1v) is 8.43. The van der Waals surface area contributed by atoms with E-state index in [1.807, 2.05) is 0 Å². The van der Waals surface area contributed by atoms with Crippen LogP contribution in [-0.2, 0) is 15.4 Å². The van der Waals surface area contributed by atoms with E-state index in [0.29, 0.717) is 10.8 Å². The van der Waals surface area contributed by atoms with E-state index in [2.05, 4.69) is 5.32 Å². The molecule has 0 fully saturated rings. The number of ether oxygens (including phenoxy) is 3. The van der Waals surface area contributed by atoms with Gasteiger partial charge in [-0.1, -0.05) is 46.4 Å². The Morgan fingerprint density at radius 3 is 2.08 bits per heavy atom. The molecule has 0 radical (unpaired) electrons. The van der Waals surface area contributed by atoms with Gasteiger partial charge < -0.3 is 14.2 Å². The van der Waals surface area contributed by atoms with Crippen molar-refractivity contribution in [2.24, 2.45) is 0 Å². The number of methoxy groups -OCH3 is 2. The van der Waals surface area contributed by atoms with Crippen LogP contribution in [0.1, 0.15) is 15.9 Å². The molecule has 2 aromatic rings. The van der Waals surface area contributed by atoms with Crippen molar-refractivity contribution < 1.29 is 19.0 Å². The molecule has 1 aliphatic rings. The fourth-order valence-corrected chi connectivity index (χ4v) is 3.56. The molecule has 0 saturated carbocycles. The van der Waals surface area contributed by atoms with Gasteiger partial charge in [-0.15, -0.1) is 0 Å². The second-order valence-corrected chi connectivity index (χ2v) is 6.63. The Kier molecular flexibility index (Phi) is 5.08. The standard InChI is InChI=1S/C16H11Cl4NO4/c1-23-16(24-2)10-9(15(22)21-16)11(18)14(13(20)12(10)19)25-8-5-3-7(17)4-6-8/h3-6H,1-2H3,(H,21,22). The molecule has 0 aliphatic carbocycles. The van der Waals surface area contributed by atoms with E-state index in [-0.39, 0.29) is 31.9 Å². The molecule has 0 saturated heterocycles. The number of hydrogen-bond donors (Lipinski definition) is 1. The maximum absolute atomic E-state index is 12.4. The van der Waals surface area contributed by atoms with Crippen molar-refractivity contribution in [1.82, 2.24) is 5.32 Å². The lowest BCUT2D eigenvalue weighted by atomic mass is 10.1. The Bertz CT molecular complexity index is 850. The highest BCUT2D eigenvalue weighted by atomic mass is 35.5. The molecule has 0 unspecified atom stereocenters. The van der Waals surface area contributed by atoms with Crippen molar-refractivity contribution in [2.45, 2.75) is 5.91 Å². The minimum absolute atomic E-state index is 0.00664. The normalized spacial score (nSPS) is 15.0. The highest BCUT2D eigenvalue weighted by Crippen LogP contribution is 2.51. The van der Waals surface area contributed by atoms with E-state index in [9.17, 15) is 4.79 Å². The highest BCUT2D eigenvalue weighted by molar-refractivity contribution is 6.47. The third-order valence-corrected chi connectivity index (χ3v) is 5.17. The van der Waals surface area contributed by atoms with Crippen LogP contribution in [0.25, 0.3) is 0 Å². The van der Waals surface area contributed by atoms with Crippen molar-refractivity contribution >= 4 is 52.3 Å². The van der Waals surface area contributed by atoms with E-state index < -0.39 is 11.8 Å². The van der Waals surface area contributed by atoms with Crippen LogP contribution >= 0.6 is 46.4 Å². The second kappa shape index (κ2) is 6.83. The number of halogens is 4. The molecule has 1 amide bonds. The summed E-state index contributed by atoms with van der Waals surface area (Å²) in [6.07, 6.45) is 0. The first kappa shape index (κ1) is 18.6. The van der Waals surface area contributed by atoms with Gasteiger partial charge in [0.05, 0.1) is 21.2 Å². The number of nitrogens with one attached hydrogen (secondary N) is 1. The van der Waals surface area contributed by atoms with Crippen LogP contribution in [0.4, 0.5) is 0 Å². The number of carbonyl (C=O) groups is 1. The predicted octanol–water partition coefficient (Wildman–Crippen LogP) is 5.24. The summed E-state index contributed by atoms with van der Waals surface area (Å²) in [4.78, 5) is 12.4. The lowest BCUT2D eigenvalue weighted by molar-refractivity contribution is -0.225. The highest BCUT2D eigenvalue weighted by Gasteiger charge is 2.49. The largest absolute Gasteiger partial charge is 0.454 e. The third kappa shape index (κ3) is 2.95. The molecule has 0 spiro atoms. The summed E-state index contributed by atoms with van der Waals surface area (Å²) < 4.78 is 16.3. The Morgan fingerprint density at radius 2 is 1.52 bits per heavy atom. The molecule has 1 N–H and O–H groups in total. The minimum Gasteiger partial charge on any atom is -0.454 e. The minimum atomic E-state index is -1.57. The summed E-state index contributed by atoms with van der Waals surface area (Å²) >= 11 is 24.9. The maximum Gasteiger partial charge on any atom is 0.282 e. The molecule has 5 nitrogen and oxygen atoms in total. The molecule has 0 atom stereocenters. The van der Waals surface area contributed by atoms with Gasteiger partial charge >= 0.3 is 0 Å². The second-order valence-electron chi connectivity index (χ2n) is 5.06. The zero-order chi connectivity index (χ0) is 18.4. The van der Waals surface area contributed by atoms with Gasteiger partial charge in [0.2, 0.25) is 0 Å². The summed E-state index contributed by atoms with van der Waals surface area (Å²) in [6.45, 7) is 0. The van der Waals surface area contributed by atoms with Crippen molar-refractivity contribution in [1.29, 1.82) is 0 Å². The average Bonchev–Trinajstić information content (AvgIpc) is 2.91. The number of amides is 1. The molecule has 2 aromatic carbocycles. The number of rotatable bonds is 4. The van der Waals surface area contributed by atoms with Gasteiger partial charge in [0.25, 0.3) is 11.8 Å². The molecule has 132 valence electrons. The van der Waals surface area contributed by atoms with E-state index in [0.717, 1.165) is 0 Å². The van der Waals surface area contributed by atoms with Crippen LogP contribution in [0.5, 0.6) is 11.5 Å². The van der Waals surface area contributed by atoms with Crippen LogP contribution in [0, 0.1) is 0 Å². The topological polar surface area (TPSA) is 56.8 Å². The van der Waals surface area contributed by atoms with Gasteiger partial charge in [-0.25, -0.2) is 0 Å². The van der Waals surface area contributed by atoms with E-state index in [4.69, 9.17) is 60.6 Å². The SMILES string of the molecule is COC1(OC)NC(=O)c2c(Cl)c(Oc3ccc(Cl)cc3)c(Cl)c(Cl)c21. The fraction of sp³-hybridized carbons (Fsp3) is 0.188. The van der Waals surface area contributed by atoms with Crippen LogP contribution in [-0.4, -0.2) is 20.1 Å². The molecule has 9 heteroatoms. The Hall–Kier alpha value is -1.21. The summed E-state index contributed by atoms with van der Waals surface area (Å²) in [6, 6.07) is 6.54. The molecule has 3 rings (SSSR count). The third-order valence-electron chi connectivity index (χ3n) is 3.72. The van der Waals surface area contributed by atoms with Crippen LogP contribution in [0.15, 0.2) is 24.3 Å². The number of hydrogen-bond acceptors (Lipinski definition) is 4. The van der Waals surface area contributed by atoms with Crippen LogP contribution < -0.4 is 10.1 Å². The zero-order valence-electron chi connectivity index (χ0n) is 13.0. The fourth-order valence-electron chi connectivity index (χ4n) is 2.54. The lowest BCUT2D eigenvalue weighted by Crippen LogP contribution is -2.42. The number of fused-ring (bicyclic) bond motifs is 1. The Morgan fingerprint density at radius 1 is 0.920 bits per heavy atom. The van der Waals surface area contributed by atoms with Gasteiger partial charge in [0, 0.05) is 19.2 Å². The van der Waals surface area contributed by atoms with Gasteiger partial charge in [-0.3, -0.25) is 10.1 Å². The van der Waals surface area contributed by atoms with Crippen molar-refractivity contribution in [2.75, 3.05) is 14.2 Å². The molecular formula is C16H11Cl4NO4. The van der Waals surface area contributed by atoms with E-state index in [1.54, 1.807) is 24.3 Å². The summed E-state index contributed by atoms with van der Waals surface area (Å²) in [5.74, 6) is -1.63. The zero-order valence-corrected chi connectivity index (χ0v) is 16.0. The Labute approximate surface area is 163 Å². The molecule has 0 bridgehead atoms. The lowest BCUT2D eigenvalue weighted by Gasteiger charge is -2.27. The Balaban J connectivity index is 2.18. The molecule has 25 heavy (non-hydrogen) atoms. The number of benzene rings is 2. The van der Waals surface area contributed by atoms with Gasteiger partial charge in [0.15, 0.2) is 5.75 Å². The molecule has 1 heterocycles. The smallest absolute Gasteiger partial charge is 0.282 e. The first-order chi connectivity index (χ1) is 11.8. The van der Waals surface area contributed by atoms with Crippen molar-refractivity contribution in [3.05, 3.63) is 55.5 Å². The summed E-state index contributed by atoms with van der Waals surface area (Å²) in [5.41, 5.74) is 0.270. The van der Waals surface area contributed by atoms with Crippen molar-refractivity contribution in [3.63, 3.8) is 0 Å². The van der Waals surface area contributed by atoms with Crippen molar-refractivity contribution in [3.8, 4) is 11.5 Å². The van der Waals surface area contributed by atoms with E-state index in [1.165, 1.54) is 14.2 Å². The maximum atomic E-state index is 12.4. The average molecular weight is 423 g/mol. The van der Waals surface area contributed by atoms with Gasteiger partial charge in [0.1, 0.15) is 10.8 Å². The molecular weight excluding hydrogens is 412 g/mol. The molecule has 0 aromatic heterocycles.